The maximum Gasteiger partial charge on any atom is 0.325 e. The molecule has 2 atom stereocenters. The lowest BCUT2D eigenvalue weighted by atomic mass is 10.1. The van der Waals surface area contributed by atoms with Crippen LogP contribution in [0.1, 0.15) is 17.9 Å². The molecule has 1 aromatic carbocycles. The van der Waals surface area contributed by atoms with E-state index in [2.05, 4.69) is 4.74 Å². The highest BCUT2D eigenvalue weighted by molar-refractivity contribution is 6.30. The Morgan fingerprint density at radius 1 is 1.36 bits per heavy atom. The van der Waals surface area contributed by atoms with E-state index in [4.69, 9.17) is 16.3 Å². The smallest absolute Gasteiger partial charge is 0.325 e. The summed E-state index contributed by atoms with van der Waals surface area (Å²) < 4.78 is 9.65. The molecule has 1 aliphatic carbocycles. The average molecular weight is 326 g/mol. The molecule has 0 heterocycles. The number of amides is 1. The molecule has 0 aromatic heterocycles. The first-order valence-electron chi connectivity index (χ1n) is 7.16. The lowest BCUT2D eigenvalue weighted by Gasteiger charge is -2.21. The Hall–Kier alpha value is -1.59. The van der Waals surface area contributed by atoms with Gasteiger partial charge in [0, 0.05) is 24.6 Å². The first-order valence-corrected chi connectivity index (χ1v) is 7.54. The number of rotatable bonds is 7. The summed E-state index contributed by atoms with van der Waals surface area (Å²) in [6.45, 7) is 0.720. The van der Waals surface area contributed by atoms with Gasteiger partial charge in [-0.05, 0) is 30.0 Å². The molecule has 0 N–H and O–H groups in total. The Kier molecular flexibility index (Phi) is 5.80. The molecule has 1 amide bonds. The summed E-state index contributed by atoms with van der Waals surface area (Å²) in [5.74, 6) is -0.384. The number of halogens is 1. The quantitative estimate of drug-likeness (QED) is 0.720. The molecule has 2 unspecified atom stereocenters. The normalized spacial score (nSPS) is 19.6. The van der Waals surface area contributed by atoms with Crippen molar-refractivity contribution in [1.29, 1.82) is 0 Å². The molecule has 0 radical (unpaired) electrons. The lowest BCUT2D eigenvalue weighted by molar-refractivity contribution is -0.147. The molecule has 1 aliphatic rings. The van der Waals surface area contributed by atoms with Gasteiger partial charge in [-0.15, -0.1) is 0 Å². The van der Waals surface area contributed by atoms with Crippen molar-refractivity contribution in [2.24, 2.45) is 5.92 Å². The van der Waals surface area contributed by atoms with E-state index in [1.807, 2.05) is 24.3 Å². The third-order valence-electron chi connectivity index (χ3n) is 3.81. The second kappa shape index (κ2) is 7.61. The van der Waals surface area contributed by atoms with Gasteiger partial charge in [0.15, 0.2) is 0 Å². The first-order chi connectivity index (χ1) is 10.6. The van der Waals surface area contributed by atoms with E-state index in [1.54, 1.807) is 7.11 Å². The van der Waals surface area contributed by atoms with Crippen LogP contribution in [0.4, 0.5) is 0 Å². The molecule has 1 fully saturated rings. The highest BCUT2D eigenvalue weighted by Gasteiger charge is 2.46. The lowest BCUT2D eigenvalue weighted by Crippen LogP contribution is -2.39. The minimum Gasteiger partial charge on any atom is -0.468 e. The highest BCUT2D eigenvalue weighted by Crippen LogP contribution is 2.48. The van der Waals surface area contributed by atoms with Crippen molar-refractivity contribution >= 4 is 23.5 Å². The number of ether oxygens (including phenoxy) is 2. The van der Waals surface area contributed by atoms with Gasteiger partial charge in [0.05, 0.1) is 13.7 Å². The minimum atomic E-state index is -0.426. The zero-order chi connectivity index (χ0) is 16.1. The number of esters is 1. The number of carbonyl (C=O) groups excluding carboxylic acids is 2. The van der Waals surface area contributed by atoms with Gasteiger partial charge in [-0.2, -0.15) is 0 Å². The Bertz CT molecular complexity index is 549. The second-order valence-corrected chi connectivity index (χ2v) is 5.77. The molecule has 5 nitrogen and oxygen atoms in total. The van der Waals surface area contributed by atoms with E-state index in [0.29, 0.717) is 18.2 Å². The molecule has 0 saturated heterocycles. The van der Waals surface area contributed by atoms with Crippen molar-refractivity contribution in [2.45, 2.75) is 12.3 Å². The summed E-state index contributed by atoms with van der Waals surface area (Å²) in [5, 5.41) is 0.668. The topological polar surface area (TPSA) is 55.8 Å². The molecule has 120 valence electrons. The van der Waals surface area contributed by atoms with Crippen LogP contribution in [0, 0.1) is 5.92 Å². The highest BCUT2D eigenvalue weighted by atomic mass is 35.5. The van der Waals surface area contributed by atoms with Gasteiger partial charge in [0.2, 0.25) is 5.91 Å². The molecule has 1 saturated carbocycles. The van der Waals surface area contributed by atoms with Gasteiger partial charge < -0.3 is 14.4 Å². The van der Waals surface area contributed by atoms with Crippen LogP contribution in [0.2, 0.25) is 5.02 Å². The molecule has 0 spiro atoms. The van der Waals surface area contributed by atoms with E-state index < -0.39 is 5.97 Å². The van der Waals surface area contributed by atoms with Gasteiger partial charge in [-0.25, -0.2) is 0 Å². The summed E-state index contributed by atoms with van der Waals surface area (Å²) in [4.78, 5) is 25.5. The summed E-state index contributed by atoms with van der Waals surface area (Å²) in [7, 11) is 2.87. The molecule has 0 bridgehead atoms. The number of benzene rings is 1. The maximum absolute atomic E-state index is 12.6. The second-order valence-electron chi connectivity index (χ2n) is 5.33. The number of nitrogens with zero attached hydrogens (tertiary/aromatic N) is 1. The van der Waals surface area contributed by atoms with Crippen molar-refractivity contribution in [2.75, 3.05) is 33.9 Å². The van der Waals surface area contributed by atoms with E-state index in [1.165, 1.54) is 12.0 Å². The Balaban J connectivity index is 2.00. The Morgan fingerprint density at radius 3 is 2.77 bits per heavy atom. The number of hydrogen-bond acceptors (Lipinski definition) is 4. The summed E-state index contributed by atoms with van der Waals surface area (Å²) >= 11 is 5.99. The molecule has 6 heteroatoms. The molecular weight excluding hydrogens is 306 g/mol. The van der Waals surface area contributed by atoms with Crippen LogP contribution in [-0.2, 0) is 19.1 Å². The van der Waals surface area contributed by atoms with Crippen LogP contribution in [-0.4, -0.2) is 50.7 Å². The zero-order valence-electron chi connectivity index (χ0n) is 12.8. The van der Waals surface area contributed by atoms with E-state index in [9.17, 15) is 9.59 Å². The molecule has 1 aromatic rings. The van der Waals surface area contributed by atoms with Crippen molar-refractivity contribution in [3.05, 3.63) is 34.9 Å². The number of hydrogen-bond donors (Lipinski definition) is 0. The summed E-state index contributed by atoms with van der Waals surface area (Å²) in [6.07, 6.45) is 0.782. The summed E-state index contributed by atoms with van der Waals surface area (Å²) in [6, 6.07) is 7.56. The molecule has 0 aliphatic heterocycles. The largest absolute Gasteiger partial charge is 0.468 e. The average Bonchev–Trinajstić information content (AvgIpc) is 3.31. The van der Waals surface area contributed by atoms with Gasteiger partial charge in [0.25, 0.3) is 0 Å². The fourth-order valence-corrected chi connectivity index (χ4v) is 2.70. The fraction of sp³-hybridized carbons (Fsp3) is 0.500. The predicted molar refractivity (Wildman–Crippen MR) is 82.8 cm³/mol. The SMILES string of the molecule is COCCN(CC(=O)OC)C(=O)C1CC1c1cccc(Cl)c1. The molecule has 22 heavy (non-hydrogen) atoms. The van der Waals surface area contributed by atoms with Gasteiger partial charge in [0.1, 0.15) is 6.54 Å². The molecule has 2 rings (SSSR count). The third-order valence-corrected chi connectivity index (χ3v) is 4.04. The summed E-state index contributed by atoms with van der Waals surface area (Å²) in [5.41, 5.74) is 1.07. The first kappa shape index (κ1) is 16.8. The van der Waals surface area contributed by atoms with Crippen LogP contribution in [0.15, 0.2) is 24.3 Å². The fourth-order valence-electron chi connectivity index (χ4n) is 2.50. The van der Waals surface area contributed by atoms with Crippen molar-refractivity contribution < 1.29 is 19.1 Å². The third kappa shape index (κ3) is 4.21. The van der Waals surface area contributed by atoms with Crippen LogP contribution in [0.3, 0.4) is 0 Å². The van der Waals surface area contributed by atoms with Gasteiger partial charge >= 0.3 is 5.97 Å². The zero-order valence-corrected chi connectivity index (χ0v) is 13.5. The van der Waals surface area contributed by atoms with Crippen LogP contribution >= 0.6 is 11.6 Å². The maximum atomic E-state index is 12.6. The Labute approximate surface area is 135 Å². The standard InChI is InChI=1S/C16H20ClNO4/c1-21-7-6-18(10-15(19)22-2)16(20)14-9-13(14)11-4-3-5-12(17)8-11/h3-5,8,13-14H,6-7,9-10H2,1-2H3. The molecular formula is C16H20ClNO4. The van der Waals surface area contributed by atoms with Crippen LogP contribution < -0.4 is 0 Å². The van der Waals surface area contributed by atoms with E-state index >= 15 is 0 Å². The number of carbonyl (C=O) groups is 2. The Morgan fingerprint density at radius 2 is 2.14 bits per heavy atom. The van der Waals surface area contributed by atoms with Crippen molar-refractivity contribution in [1.82, 2.24) is 4.90 Å². The van der Waals surface area contributed by atoms with E-state index in [0.717, 1.165) is 12.0 Å². The predicted octanol–water partition coefficient (Wildman–Crippen LogP) is 2.09. The van der Waals surface area contributed by atoms with Crippen molar-refractivity contribution in [3.63, 3.8) is 0 Å². The monoisotopic (exact) mass is 325 g/mol. The van der Waals surface area contributed by atoms with Crippen LogP contribution in [0.5, 0.6) is 0 Å². The van der Waals surface area contributed by atoms with Crippen molar-refractivity contribution in [3.8, 4) is 0 Å². The van der Waals surface area contributed by atoms with Crippen LogP contribution in [0.25, 0.3) is 0 Å². The van der Waals surface area contributed by atoms with Gasteiger partial charge in [-0.3, -0.25) is 9.59 Å². The van der Waals surface area contributed by atoms with E-state index in [-0.39, 0.29) is 24.3 Å². The minimum absolute atomic E-state index is 0.0348. The number of methoxy groups -OCH3 is 2. The van der Waals surface area contributed by atoms with Gasteiger partial charge in [-0.1, -0.05) is 23.7 Å².